The predicted molar refractivity (Wildman–Crippen MR) is 161 cm³/mol. The van der Waals surface area contributed by atoms with Crippen LogP contribution in [0.1, 0.15) is 86.1 Å². The molecule has 0 atom stereocenters. The molecule has 42 heavy (non-hydrogen) atoms. The lowest BCUT2D eigenvalue weighted by Crippen LogP contribution is -2.21. The number of carbonyl (C=O) groups is 1. The maximum absolute atomic E-state index is 12.4. The van der Waals surface area contributed by atoms with E-state index in [1.807, 2.05) is 30.3 Å². The van der Waals surface area contributed by atoms with Gasteiger partial charge in [0.15, 0.2) is 0 Å². The number of methoxy groups -OCH3 is 1. The van der Waals surface area contributed by atoms with Crippen molar-refractivity contribution >= 4 is 5.97 Å². The molecule has 4 aromatic rings. The van der Waals surface area contributed by atoms with E-state index < -0.39 is 0 Å². The fourth-order valence-corrected chi connectivity index (χ4v) is 7.55. The molecule has 0 unspecified atom stereocenters. The van der Waals surface area contributed by atoms with E-state index in [1.54, 1.807) is 6.07 Å². The topological polar surface area (TPSA) is 112 Å². The largest absolute Gasteiger partial charge is 0.465 e. The van der Waals surface area contributed by atoms with Crippen LogP contribution in [-0.2, 0) is 49.9 Å². The van der Waals surface area contributed by atoms with Gasteiger partial charge in [-0.15, -0.1) is 0 Å². The van der Waals surface area contributed by atoms with Crippen LogP contribution >= 0.6 is 0 Å². The van der Waals surface area contributed by atoms with E-state index in [-0.39, 0.29) is 23.7 Å². The molecule has 8 rings (SSSR count). The van der Waals surface area contributed by atoms with Gasteiger partial charge in [-0.05, 0) is 96.4 Å². The van der Waals surface area contributed by atoms with Gasteiger partial charge in [-0.3, -0.25) is 9.59 Å². The van der Waals surface area contributed by atoms with Gasteiger partial charge >= 0.3 is 5.97 Å². The van der Waals surface area contributed by atoms with Crippen LogP contribution in [0.4, 0.5) is 0 Å². The molecule has 0 saturated carbocycles. The number of benzene rings is 2. The maximum Gasteiger partial charge on any atom is 0.338 e. The standard InChI is InChI=1S/C18H17NO3.C17H17NO2/c1-22-18(21)13-8-4-7-11-14(13)9-15-10-5-2-3-6-12(10)17(20)19-16(11)15;19-9-10-4-3-7-12-14(10)8-15-11-5-1-2-6-13(11)17(20)18-16(12)15/h4,7-8H,2-3,5-6,9H2,1H3,(H,19,20);3-4,7,19H,1-2,5-6,8-9H2,(H,18,20). The second-order valence-corrected chi connectivity index (χ2v) is 11.7. The van der Waals surface area contributed by atoms with Crippen LogP contribution < -0.4 is 11.1 Å². The summed E-state index contributed by atoms with van der Waals surface area (Å²) in [5.74, 6) is -0.319. The van der Waals surface area contributed by atoms with Crippen molar-refractivity contribution in [1.82, 2.24) is 9.97 Å². The molecule has 0 aliphatic heterocycles. The van der Waals surface area contributed by atoms with Crippen molar-refractivity contribution in [2.24, 2.45) is 0 Å². The van der Waals surface area contributed by atoms with Crippen molar-refractivity contribution in [2.45, 2.75) is 70.8 Å². The lowest BCUT2D eigenvalue weighted by Gasteiger charge is -2.18. The zero-order valence-electron chi connectivity index (χ0n) is 23.8. The molecule has 0 spiro atoms. The molecule has 7 nitrogen and oxygen atoms in total. The monoisotopic (exact) mass is 562 g/mol. The summed E-state index contributed by atoms with van der Waals surface area (Å²) in [6, 6.07) is 11.6. The molecule has 0 fully saturated rings. The van der Waals surface area contributed by atoms with Crippen molar-refractivity contribution in [3.63, 3.8) is 0 Å². The van der Waals surface area contributed by atoms with Gasteiger partial charge in [0.2, 0.25) is 0 Å². The first kappa shape index (κ1) is 26.7. The third kappa shape index (κ3) is 4.18. The molecule has 7 heteroatoms. The van der Waals surface area contributed by atoms with Gasteiger partial charge in [-0.25, -0.2) is 4.79 Å². The number of ether oxygens (including phenoxy) is 1. The first-order chi connectivity index (χ1) is 20.5. The zero-order valence-corrected chi connectivity index (χ0v) is 23.8. The minimum absolute atomic E-state index is 0.0322. The lowest BCUT2D eigenvalue weighted by atomic mass is 9.88. The first-order valence-electron chi connectivity index (χ1n) is 15.0. The third-order valence-corrected chi connectivity index (χ3v) is 9.56. The van der Waals surface area contributed by atoms with Crippen molar-refractivity contribution < 1.29 is 14.6 Å². The number of fused-ring (bicyclic) bond motifs is 10. The Hall–Kier alpha value is -4.23. The quantitative estimate of drug-likeness (QED) is 0.259. The molecule has 214 valence electrons. The van der Waals surface area contributed by atoms with Crippen molar-refractivity contribution in [1.29, 1.82) is 0 Å². The number of pyridine rings is 2. The second-order valence-electron chi connectivity index (χ2n) is 11.7. The number of aromatic amines is 2. The Kier molecular flexibility index (Phi) is 6.70. The number of carbonyl (C=O) groups excluding carboxylic acids is 1. The lowest BCUT2D eigenvalue weighted by molar-refractivity contribution is 0.0599. The number of H-pyrrole nitrogens is 2. The summed E-state index contributed by atoms with van der Waals surface area (Å²) < 4.78 is 4.89. The van der Waals surface area contributed by atoms with E-state index in [0.29, 0.717) is 12.0 Å². The van der Waals surface area contributed by atoms with Crippen molar-refractivity contribution in [2.75, 3.05) is 7.11 Å². The average Bonchev–Trinajstić information content (AvgIpc) is 3.60. The number of aromatic nitrogens is 2. The van der Waals surface area contributed by atoms with Crippen LogP contribution in [0.3, 0.4) is 0 Å². The first-order valence-corrected chi connectivity index (χ1v) is 15.0. The Morgan fingerprint density at radius 3 is 1.74 bits per heavy atom. The third-order valence-electron chi connectivity index (χ3n) is 9.56. The van der Waals surface area contributed by atoms with Gasteiger partial charge in [0.1, 0.15) is 0 Å². The fraction of sp³-hybridized carbons (Fsp3) is 0.343. The van der Waals surface area contributed by atoms with Gasteiger partial charge in [0.05, 0.1) is 30.7 Å². The van der Waals surface area contributed by atoms with Crippen LogP contribution in [0, 0.1) is 0 Å². The number of aliphatic hydroxyl groups excluding tert-OH is 1. The predicted octanol–water partition coefficient (Wildman–Crippen LogP) is 4.93. The summed E-state index contributed by atoms with van der Waals surface area (Å²) in [4.78, 5) is 42.8. The molecule has 2 aromatic heterocycles. The Balaban J connectivity index is 0.000000138. The van der Waals surface area contributed by atoms with E-state index in [9.17, 15) is 19.5 Å². The minimum Gasteiger partial charge on any atom is -0.465 e. The molecule has 4 aliphatic rings. The number of rotatable bonds is 2. The van der Waals surface area contributed by atoms with Gasteiger partial charge in [-0.2, -0.15) is 0 Å². The van der Waals surface area contributed by atoms with Crippen LogP contribution in [0.25, 0.3) is 22.5 Å². The average molecular weight is 563 g/mol. The molecule has 4 aliphatic carbocycles. The minimum atomic E-state index is -0.319. The second kappa shape index (κ2) is 10.6. The summed E-state index contributed by atoms with van der Waals surface area (Å²) in [7, 11) is 1.40. The molecule has 3 N–H and O–H groups in total. The number of nitrogens with one attached hydrogen (secondary N) is 2. The summed E-state index contributed by atoms with van der Waals surface area (Å²) in [6.45, 7) is 0.0591. The van der Waals surface area contributed by atoms with Crippen LogP contribution in [0.15, 0.2) is 46.0 Å². The van der Waals surface area contributed by atoms with E-state index >= 15 is 0 Å². The van der Waals surface area contributed by atoms with Gasteiger partial charge in [0, 0.05) is 35.1 Å². The van der Waals surface area contributed by atoms with Crippen LogP contribution in [-0.4, -0.2) is 28.2 Å². The molecular formula is C35H34N2O5. The number of aliphatic hydroxyl groups is 1. The van der Waals surface area contributed by atoms with Gasteiger partial charge in [0.25, 0.3) is 11.1 Å². The van der Waals surface area contributed by atoms with Gasteiger partial charge in [-0.1, -0.05) is 30.3 Å². The zero-order chi connectivity index (χ0) is 29.0. The Labute approximate surface area is 243 Å². The van der Waals surface area contributed by atoms with E-state index in [2.05, 4.69) is 9.97 Å². The van der Waals surface area contributed by atoms with Crippen LogP contribution in [0.2, 0.25) is 0 Å². The Morgan fingerprint density at radius 1 is 0.690 bits per heavy atom. The smallest absolute Gasteiger partial charge is 0.338 e. The van der Waals surface area contributed by atoms with Crippen molar-refractivity contribution in [3.8, 4) is 22.5 Å². The Morgan fingerprint density at radius 2 is 1.19 bits per heavy atom. The van der Waals surface area contributed by atoms with Crippen LogP contribution in [0.5, 0.6) is 0 Å². The molecule has 0 amide bonds. The highest BCUT2D eigenvalue weighted by Crippen LogP contribution is 2.41. The summed E-state index contributed by atoms with van der Waals surface area (Å²) >= 11 is 0. The van der Waals surface area contributed by atoms with E-state index in [0.717, 1.165) is 96.1 Å². The van der Waals surface area contributed by atoms with Gasteiger partial charge < -0.3 is 19.8 Å². The number of hydrogen-bond acceptors (Lipinski definition) is 5. The molecule has 0 saturated heterocycles. The number of hydrogen-bond donors (Lipinski definition) is 3. The summed E-state index contributed by atoms with van der Waals surface area (Å²) in [6.07, 6.45) is 9.79. The molecular weight excluding hydrogens is 528 g/mol. The summed E-state index contributed by atoms with van der Waals surface area (Å²) in [5, 5.41) is 9.50. The normalized spacial score (nSPS) is 15.3. The maximum atomic E-state index is 12.4. The highest BCUT2D eigenvalue weighted by molar-refractivity contribution is 5.95. The van der Waals surface area contributed by atoms with E-state index in [1.165, 1.54) is 41.3 Å². The fourth-order valence-electron chi connectivity index (χ4n) is 7.55. The molecule has 2 aromatic carbocycles. The van der Waals surface area contributed by atoms with Crippen molar-refractivity contribution in [3.05, 3.63) is 113 Å². The number of esters is 1. The highest BCUT2D eigenvalue weighted by atomic mass is 16.5. The summed E-state index contributed by atoms with van der Waals surface area (Å²) in [5.41, 5.74) is 14.7. The molecule has 2 heterocycles. The van der Waals surface area contributed by atoms with E-state index in [4.69, 9.17) is 4.74 Å². The molecule has 0 radical (unpaired) electrons. The molecule has 0 bridgehead atoms. The SMILES string of the molecule is COC(=O)c1cccc2c1Cc1c-2[nH]c(=O)c2c1CCCC2.O=c1[nH]c2c(c3c1CCCC3)Cc1c(CO)cccc1-2. The Bertz CT molecular complexity index is 1880. The highest BCUT2D eigenvalue weighted by Gasteiger charge is 2.30.